The molecule has 0 rings (SSSR count). The van der Waals surface area contributed by atoms with E-state index < -0.39 is 17.4 Å². The molecule has 1 atom stereocenters. The molecular formula is C11H22N2O3. The predicted octanol–water partition coefficient (Wildman–Crippen LogP) is 0.601. The molecule has 0 spiro atoms. The van der Waals surface area contributed by atoms with Gasteiger partial charge in [0.25, 0.3) is 0 Å². The SMILES string of the molecule is CNCCCC(=O)N[C@H](C(=O)O)C(C)(C)C. The summed E-state index contributed by atoms with van der Waals surface area (Å²) in [6.07, 6.45) is 1.06. The van der Waals surface area contributed by atoms with Gasteiger partial charge in [-0.25, -0.2) is 4.79 Å². The third-order valence-corrected chi connectivity index (χ3v) is 2.25. The van der Waals surface area contributed by atoms with E-state index in [0.29, 0.717) is 12.8 Å². The van der Waals surface area contributed by atoms with Crippen molar-refractivity contribution in [2.45, 2.75) is 39.7 Å². The van der Waals surface area contributed by atoms with E-state index >= 15 is 0 Å². The molecule has 0 radical (unpaired) electrons. The highest BCUT2D eigenvalue weighted by Gasteiger charge is 2.32. The monoisotopic (exact) mass is 230 g/mol. The quantitative estimate of drug-likeness (QED) is 0.584. The standard InChI is InChI=1S/C11H22N2O3/c1-11(2,3)9(10(15)16)13-8(14)6-5-7-12-4/h9,12H,5-7H2,1-4H3,(H,13,14)(H,15,16)/t9-/m1/s1. The second kappa shape index (κ2) is 6.48. The summed E-state index contributed by atoms with van der Waals surface area (Å²) in [6, 6.07) is -0.838. The molecule has 0 aromatic rings. The van der Waals surface area contributed by atoms with Crippen molar-refractivity contribution in [2.24, 2.45) is 5.41 Å². The molecule has 0 saturated heterocycles. The van der Waals surface area contributed by atoms with Gasteiger partial charge in [-0.2, -0.15) is 0 Å². The summed E-state index contributed by atoms with van der Waals surface area (Å²) in [7, 11) is 1.81. The lowest BCUT2D eigenvalue weighted by molar-refractivity contribution is -0.144. The van der Waals surface area contributed by atoms with E-state index in [1.54, 1.807) is 20.8 Å². The molecular weight excluding hydrogens is 208 g/mol. The second-order valence-electron chi connectivity index (χ2n) is 4.91. The number of nitrogens with one attached hydrogen (secondary N) is 2. The van der Waals surface area contributed by atoms with E-state index in [1.807, 2.05) is 7.05 Å². The van der Waals surface area contributed by atoms with Gasteiger partial charge in [-0.05, 0) is 25.4 Å². The van der Waals surface area contributed by atoms with Crippen LogP contribution in [0.3, 0.4) is 0 Å². The first-order valence-corrected chi connectivity index (χ1v) is 5.45. The molecule has 0 aliphatic carbocycles. The van der Waals surface area contributed by atoms with Gasteiger partial charge in [-0.1, -0.05) is 20.8 Å². The Morgan fingerprint density at radius 1 is 1.31 bits per heavy atom. The third kappa shape index (κ3) is 5.70. The van der Waals surface area contributed by atoms with Gasteiger partial charge < -0.3 is 15.7 Å². The molecule has 0 aliphatic heterocycles. The molecule has 94 valence electrons. The fourth-order valence-corrected chi connectivity index (χ4v) is 1.31. The van der Waals surface area contributed by atoms with Crippen LogP contribution in [0.15, 0.2) is 0 Å². The molecule has 0 fully saturated rings. The van der Waals surface area contributed by atoms with Gasteiger partial charge in [0.2, 0.25) is 5.91 Å². The molecule has 0 aliphatic rings. The predicted molar refractivity (Wildman–Crippen MR) is 62.2 cm³/mol. The minimum Gasteiger partial charge on any atom is -0.480 e. The highest BCUT2D eigenvalue weighted by molar-refractivity contribution is 5.84. The maximum Gasteiger partial charge on any atom is 0.326 e. The zero-order valence-electron chi connectivity index (χ0n) is 10.5. The minimum atomic E-state index is -0.991. The molecule has 0 unspecified atom stereocenters. The lowest BCUT2D eigenvalue weighted by Gasteiger charge is -2.27. The van der Waals surface area contributed by atoms with E-state index in [9.17, 15) is 9.59 Å². The van der Waals surface area contributed by atoms with Crippen LogP contribution in [0.1, 0.15) is 33.6 Å². The molecule has 16 heavy (non-hydrogen) atoms. The van der Waals surface area contributed by atoms with Gasteiger partial charge in [-0.3, -0.25) is 4.79 Å². The van der Waals surface area contributed by atoms with Crippen molar-refractivity contribution in [3.05, 3.63) is 0 Å². The fraction of sp³-hybridized carbons (Fsp3) is 0.818. The Morgan fingerprint density at radius 3 is 2.25 bits per heavy atom. The largest absolute Gasteiger partial charge is 0.480 e. The first-order valence-electron chi connectivity index (χ1n) is 5.45. The number of carbonyl (C=O) groups is 2. The molecule has 0 heterocycles. The van der Waals surface area contributed by atoms with Crippen LogP contribution in [0, 0.1) is 5.41 Å². The summed E-state index contributed by atoms with van der Waals surface area (Å²) in [4.78, 5) is 22.5. The Labute approximate surface area is 96.6 Å². The van der Waals surface area contributed by atoms with Gasteiger partial charge in [0.05, 0.1) is 0 Å². The number of carboxylic acids is 1. The summed E-state index contributed by atoms with van der Waals surface area (Å²) in [5.74, 6) is -1.20. The van der Waals surface area contributed by atoms with Crippen LogP contribution in [0.2, 0.25) is 0 Å². The summed E-state index contributed by atoms with van der Waals surface area (Å²) < 4.78 is 0. The van der Waals surface area contributed by atoms with Crippen molar-refractivity contribution in [2.75, 3.05) is 13.6 Å². The summed E-state index contributed by atoms with van der Waals surface area (Å²) >= 11 is 0. The number of hydrogen-bond donors (Lipinski definition) is 3. The average molecular weight is 230 g/mol. The molecule has 0 bridgehead atoms. The lowest BCUT2D eigenvalue weighted by Crippen LogP contribution is -2.49. The van der Waals surface area contributed by atoms with Crippen molar-refractivity contribution in [3.63, 3.8) is 0 Å². The zero-order chi connectivity index (χ0) is 12.8. The van der Waals surface area contributed by atoms with Crippen molar-refractivity contribution in [1.29, 1.82) is 0 Å². The number of carboxylic acid groups (broad SMARTS) is 1. The maximum atomic E-state index is 11.5. The molecule has 5 nitrogen and oxygen atoms in total. The van der Waals surface area contributed by atoms with Gasteiger partial charge in [0.1, 0.15) is 6.04 Å². The molecule has 0 saturated carbocycles. The van der Waals surface area contributed by atoms with Gasteiger partial charge in [-0.15, -0.1) is 0 Å². The van der Waals surface area contributed by atoms with Gasteiger partial charge in [0.15, 0.2) is 0 Å². The number of hydrogen-bond acceptors (Lipinski definition) is 3. The van der Waals surface area contributed by atoms with E-state index in [1.165, 1.54) is 0 Å². The highest BCUT2D eigenvalue weighted by Crippen LogP contribution is 2.19. The second-order valence-corrected chi connectivity index (χ2v) is 4.91. The lowest BCUT2D eigenvalue weighted by atomic mass is 9.86. The summed E-state index contributed by atoms with van der Waals surface area (Å²) in [6.45, 7) is 6.12. The van der Waals surface area contributed by atoms with Crippen molar-refractivity contribution in [1.82, 2.24) is 10.6 Å². The van der Waals surface area contributed by atoms with Crippen LogP contribution in [0.4, 0.5) is 0 Å². The normalized spacial score (nSPS) is 13.2. The Kier molecular flexibility index (Phi) is 6.03. The van der Waals surface area contributed by atoms with Gasteiger partial charge >= 0.3 is 5.97 Å². The average Bonchev–Trinajstić information content (AvgIpc) is 2.12. The van der Waals surface area contributed by atoms with E-state index in [0.717, 1.165) is 6.54 Å². The molecule has 3 N–H and O–H groups in total. The van der Waals surface area contributed by atoms with Crippen molar-refractivity contribution in [3.8, 4) is 0 Å². The van der Waals surface area contributed by atoms with E-state index in [2.05, 4.69) is 10.6 Å². The number of carbonyl (C=O) groups excluding carboxylic acids is 1. The molecule has 0 aromatic heterocycles. The van der Waals surface area contributed by atoms with E-state index in [4.69, 9.17) is 5.11 Å². The van der Waals surface area contributed by atoms with Crippen LogP contribution in [0.5, 0.6) is 0 Å². The first kappa shape index (κ1) is 14.9. The Bertz CT molecular complexity index is 246. The van der Waals surface area contributed by atoms with Crippen molar-refractivity contribution >= 4 is 11.9 Å². The number of amides is 1. The van der Waals surface area contributed by atoms with Crippen LogP contribution in [0.25, 0.3) is 0 Å². The Hall–Kier alpha value is -1.10. The topological polar surface area (TPSA) is 78.4 Å². The first-order chi connectivity index (χ1) is 7.29. The van der Waals surface area contributed by atoms with E-state index in [-0.39, 0.29) is 5.91 Å². The smallest absolute Gasteiger partial charge is 0.326 e. The minimum absolute atomic E-state index is 0.211. The highest BCUT2D eigenvalue weighted by atomic mass is 16.4. The third-order valence-electron chi connectivity index (χ3n) is 2.25. The molecule has 1 amide bonds. The molecule has 5 heteroatoms. The Morgan fingerprint density at radius 2 is 1.88 bits per heavy atom. The summed E-state index contributed by atoms with van der Waals surface area (Å²) in [5.41, 5.74) is -0.482. The number of aliphatic carboxylic acids is 1. The zero-order valence-corrected chi connectivity index (χ0v) is 10.5. The number of rotatable bonds is 6. The van der Waals surface area contributed by atoms with Crippen LogP contribution in [-0.4, -0.2) is 36.6 Å². The van der Waals surface area contributed by atoms with Crippen molar-refractivity contribution < 1.29 is 14.7 Å². The van der Waals surface area contributed by atoms with Crippen LogP contribution in [-0.2, 0) is 9.59 Å². The fourth-order valence-electron chi connectivity index (χ4n) is 1.31. The van der Waals surface area contributed by atoms with Gasteiger partial charge in [0, 0.05) is 6.42 Å². The van der Waals surface area contributed by atoms with Crippen LogP contribution < -0.4 is 10.6 Å². The summed E-state index contributed by atoms with van der Waals surface area (Å²) in [5, 5.41) is 14.5. The molecule has 0 aromatic carbocycles. The Balaban J connectivity index is 4.21. The maximum absolute atomic E-state index is 11.5. The van der Waals surface area contributed by atoms with Crippen LogP contribution >= 0.6 is 0 Å².